The van der Waals surface area contributed by atoms with Crippen LogP contribution in [0.4, 0.5) is 5.00 Å². The van der Waals surface area contributed by atoms with E-state index < -0.39 is 0 Å². The van der Waals surface area contributed by atoms with E-state index in [1.54, 1.807) is 19.3 Å². The van der Waals surface area contributed by atoms with Gasteiger partial charge in [-0.25, -0.2) is 0 Å². The van der Waals surface area contributed by atoms with E-state index in [9.17, 15) is 9.59 Å². The van der Waals surface area contributed by atoms with E-state index in [1.807, 2.05) is 0 Å². The molecule has 0 aromatic carbocycles. The van der Waals surface area contributed by atoms with Gasteiger partial charge in [0.05, 0.1) is 6.20 Å². The van der Waals surface area contributed by atoms with Crippen LogP contribution in [0.15, 0.2) is 29.3 Å². The molecule has 2 aromatic heterocycles. The van der Waals surface area contributed by atoms with Crippen molar-refractivity contribution in [3.8, 4) is 0 Å². The summed E-state index contributed by atoms with van der Waals surface area (Å²) in [4.78, 5) is 23.0. The molecule has 0 atom stereocenters. The van der Waals surface area contributed by atoms with Crippen molar-refractivity contribution in [3.05, 3.63) is 40.4 Å². The maximum atomic E-state index is 11.7. The number of hydrogen-bond donors (Lipinski definition) is 1. The van der Waals surface area contributed by atoms with Crippen molar-refractivity contribution in [1.29, 1.82) is 0 Å². The summed E-state index contributed by atoms with van der Waals surface area (Å²) in [6.07, 6.45) is 2.99. The molecule has 0 aliphatic carbocycles. The third-order valence-electron chi connectivity index (χ3n) is 1.96. The summed E-state index contributed by atoms with van der Waals surface area (Å²) in [7, 11) is 1.62. The molecule has 1 amide bonds. The van der Waals surface area contributed by atoms with Crippen LogP contribution in [0, 0.1) is 0 Å². The molecule has 1 N–H and O–H groups in total. The van der Waals surface area contributed by atoms with Crippen molar-refractivity contribution in [2.45, 2.75) is 0 Å². The molecule has 7 heteroatoms. The lowest BCUT2D eigenvalue weighted by atomic mass is 10.2. The Labute approximate surface area is 94.7 Å². The number of carbonyl (C=O) groups is 1. The van der Waals surface area contributed by atoms with Crippen molar-refractivity contribution >= 4 is 22.4 Å². The lowest BCUT2D eigenvalue weighted by Gasteiger charge is -2.02. The van der Waals surface area contributed by atoms with Crippen LogP contribution >= 0.6 is 11.5 Å². The number of nitrogens with one attached hydrogen (secondary N) is 1. The third-order valence-corrected chi connectivity index (χ3v) is 2.54. The van der Waals surface area contributed by atoms with Gasteiger partial charge >= 0.3 is 0 Å². The summed E-state index contributed by atoms with van der Waals surface area (Å²) in [5, 5.41) is 6.73. The van der Waals surface area contributed by atoms with Gasteiger partial charge in [-0.3, -0.25) is 9.59 Å². The van der Waals surface area contributed by atoms with Crippen LogP contribution in [0.2, 0.25) is 0 Å². The first-order valence-corrected chi connectivity index (χ1v) is 5.19. The van der Waals surface area contributed by atoms with E-state index in [2.05, 4.69) is 14.9 Å². The predicted molar refractivity (Wildman–Crippen MR) is 59.5 cm³/mol. The number of carbonyl (C=O) groups excluding carboxylic acids is 1. The van der Waals surface area contributed by atoms with Gasteiger partial charge in [0.2, 0.25) is 0 Å². The summed E-state index contributed by atoms with van der Waals surface area (Å²) in [6.45, 7) is 0. The van der Waals surface area contributed by atoms with Crippen molar-refractivity contribution < 1.29 is 4.79 Å². The zero-order valence-electron chi connectivity index (χ0n) is 8.38. The molecular formula is C9H8N4O2S. The van der Waals surface area contributed by atoms with Gasteiger partial charge in [-0.05, 0) is 6.07 Å². The Morgan fingerprint density at radius 3 is 3.00 bits per heavy atom. The molecule has 82 valence electrons. The highest BCUT2D eigenvalue weighted by molar-refractivity contribution is 7.10. The second-order valence-corrected chi connectivity index (χ2v) is 3.89. The first-order valence-electron chi connectivity index (χ1n) is 4.42. The molecule has 2 heterocycles. The molecule has 0 aliphatic heterocycles. The van der Waals surface area contributed by atoms with E-state index in [4.69, 9.17) is 0 Å². The van der Waals surface area contributed by atoms with Gasteiger partial charge in [0.1, 0.15) is 5.00 Å². The number of hydrogen-bond acceptors (Lipinski definition) is 5. The molecule has 2 rings (SSSR count). The fraction of sp³-hybridized carbons (Fsp3) is 0.111. The topological polar surface area (TPSA) is 76.9 Å². The summed E-state index contributed by atoms with van der Waals surface area (Å²) in [6, 6.07) is 2.86. The molecule has 0 saturated heterocycles. The van der Waals surface area contributed by atoms with Crippen molar-refractivity contribution in [1.82, 2.24) is 14.2 Å². The molecule has 0 bridgehead atoms. The standard InChI is InChI=1S/C9H8N4O2S/c1-13-3-2-6(4-8(13)14)9(15)11-7-5-10-12-16-7/h2-5H,1H3,(H,11,15). The maximum Gasteiger partial charge on any atom is 0.256 e. The zero-order valence-corrected chi connectivity index (χ0v) is 9.19. The predicted octanol–water partition coefficient (Wildman–Crippen LogP) is 0.489. The highest BCUT2D eigenvalue weighted by Crippen LogP contribution is 2.10. The smallest absolute Gasteiger partial charge is 0.256 e. The van der Waals surface area contributed by atoms with Gasteiger partial charge in [0.25, 0.3) is 11.5 Å². The summed E-state index contributed by atoms with van der Waals surface area (Å²) >= 11 is 1.08. The van der Waals surface area contributed by atoms with Crippen LogP contribution in [0.5, 0.6) is 0 Å². The average molecular weight is 236 g/mol. The van der Waals surface area contributed by atoms with E-state index in [0.717, 1.165) is 11.5 Å². The molecule has 0 spiro atoms. The molecular weight excluding hydrogens is 228 g/mol. The molecule has 0 unspecified atom stereocenters. The molecule has 16 heavy (non-hydrogen) atoms. The molecule has 6 nitrogen and oxygen atoms in total. The van der Waals surface area contributed by atoms with Gasteiger partial charge in [0, 0.05) is 36.4 Å². The minimum Gasteiger partial charge on any atom is -0.319 e. The Morgan fingerprint density at radius 1 is 1.56 bits per heavy atom. The zero-order chi connectivity index (χ0) is 11.5. The lowest BCUT2D eigenvalue weighted by molar-refractivity contribution is 0.102. The van der Waals surface area contributed by atoms with Gasteiger partial charge in [-0.1, -0.05) is 4.49 Å². The number of aryl methyl sites for hydroxylation is 1. The Hall–Kier alpha value is -2.02. The number of anilines is 1. The van der Waals surface area contributed by atoms with Crippen LogP contribution < -0.4 is 10.9 Å². The number of aromatic nitrogens is 3. The van der Waals surface area contributed by atoms with E-state index >= 15 is 0 Å². The largest absolute Gasteiger partial charge is 0.319 e. The monoisotopic (exact) mass is 236 g/mol. The first-order chi connectivity index (χ1) is 7.66. The number of amides is 1. The van der Waals surface area contributed by atoms with Gasteiger partial charge in [0.15, 0.2) is 0 Å². The quantitative estimate of drug-likeness (QED) is 0.823. The van der Waals surface area contributed by atoms with E-state index in [0.29, 0.717) is 10.6 Å². The van der Waals surface area contributed by atoms with Crippen LogP contribution in [0.25, 0.3) is 0 Å². The minimum atomic E-state index is -0.344. The first kappa shape index (κ1) is 10.5. The van der Waals surface area contributed by atoms with Gasteiger partial charge in [-0.2, -0.15) is 0 Å². The highest BCUT2D eigenvalue weighted by atomic mass is 32.1. The average Bonchev–Trinajstić information content (AvgIpc) is 2.74. The Balaban J connectivity index is 2.21. The van der Waals surface area contributed by atoms with Gasteiger partial charge in [-0.15, -0.1) is 5.10 Å². The van der Waals surface area contributed by atoms with Crippen LogP contribution in [-0.2, 0) is 7.05 Å². The van der Waals surface area contributed by atoms with Crippen LogP contribution in [-0.4, -0.2) is 20.1 Å². The normalized spacial score (nSPS) is 10.1. The van der Waals surface area contributed by atoms with Crippen molar-refractivity contribution in [3.63, 3.8) is 0 Å². The molecule has 0 saturated carbocycles. The minimum absolute atomic E-state index is 0.227. The number of rotatable bonds is 2. The third kappa shape index (κ3) is 2.14. The summed E-state index contributed by atoms with van der Waals surface area (Å²) < 4.78 is 5.01. The number of nitrogens with zero attached hydrogens (tertiary/aromatic N) is 3. The SMILES string of the molecule is Cn1ccc(C(=O)Nc2cnns2)cc1=O. The van der Waals surface area contributed by atoms with Crippen molar-refractivity contribution in [2.24, 2.45) is 7.05 Å². The molecule has 2 aromatic rings. The summed E-state index contributed by atoms with van der Waals surface area (Å²) in [5.74, 6) is -0.344. The van der Waals surface area contributed by atoms with Gasteiger partial charge < -0.3 is 9.88 Å². The molecule has 0 fully saturated rings. The highest BCUT2D eigenvalue weighted by Gasteiger charge is 2.08. The second kappa shape index (κ2) is 4.23. The van der Waals surface area contributed by atoms with Crippen molar-refractivity contribution in [2.75, 3.05) is 5.32 Å². The molecule has 0 radical (unpaired) electrons. The lowest BCUT2D eigenvalue weighted by Crippen LogP contribution is -2.19. The Kier molecular flexibility index (Phi) is 2.78. The fourth-order valence-electron chi connectivity index (χ4n) is 1.10. The maximum absolute atomic E-state index is 11.7. The Bertz CT molecular complexity index is 561. The summed E-state index contributed by atoms with van der Waals surface area (Å²) in [5.41, 5.74) is 0.0894. The Morgan fingerprint density at radius 2 is 2.38 bits per heavy atom. The second-order valence-electron chi connectivity index (χ2n) is 3.10. The van der Waals surface area contributed by atoms with E-state index in [1.165, 1.54) is 16.8 Å². The fourth-order valence-corrected chi connectivity index (χ4v) is 1.51. The number of pyridine rings is 1. The van der Waals surface area contributed by atoms with Crippen LogP contribution in [0.1, 0.15) is 10.4 Å². The van der Waals surface area contributed by atoms with Crippen LogP contribution in [0.3, 0.4) is 0 Å². The van der Waals surface area contributed by atoms with E-state index in [-0.39, 0.29) is 11.5 Å². The molecule has 0 aliphatic rings.